The zero-order valence-electron chi connectivity index (χ0n) is 13.0. The molecule has 0 aliphatic rings. The molecular formula is C18H24N2O. The molecule has 3 nitrogen and oxygen atoms in total. The second-order valence-electron chi connectivity index (χ2n) is 5.41. The van der Waals surface area contributed by atoms with E-state index >= 15 is 0 Å². The number of nitrogens with one attached hydrogen (secondary N) is 2. The van der Waals surface area contributed by atoms with Crippen LogP contribution < -0.4 is 15.4 Å². The first kappa shape index (κ1) is 15.2. The van der Waals surface area contributed by atoms with Crippen molar-refractivity contribution in [2.75, 3.05) is 23.7 Å². The van der Waals surface area contributed by atoms with E-state index in [2.05, 4.69) is 41.8 Å². The molecule has 3 heteroatoms. The maximum absolute atomic E-state index is 5.62. The highest BCUT2D eigenvalue weighted by Crippen LogP contribution is 2.16. The number of ether oxygens (including phenoxy) is 1. The molecule has 2 rings (SSSR count). The third-order valence-corrected chi connectivity index (χ3v) is 3.03. The Bertz CT molecular complexity index is 549. The Kier molecular flexibility index (Phi) is 5.50. The van der Waals surface area contributed by atoms with Gasteiger partial charge in [0.25, 0.3) is 0 Å². The first-order chi connectivity index (χ1) is 10.1. The largest absolute Gasteiger partial charge is 0.491 e. The van der Waals surface area contributed by atoms with Crippen molar-refractivity contribution in [1.82, 2.24) is 0 Å². The number of rotatable bonds is 7. The van der Waals surface area contributed by atoms with Crippen LogP contribution in [0.5, 0.6) is 5.75 Å². The third kappa shape index (κ3) is 5.38. The molecule has 0 spiro atoms. The van der Waals surface area contributed by atoms with Gasteiger partial charge >= 0.3 is 0 Å². The fourth-order valence-corrected chi connectivity index (χ4v) is 2.09. The third-order valence-electron chi connectivity index (χ3n) is 3.03. The lowest BCUT2D eigenvalue weighted by Crippen LogP contribution is -2.13. The first-order valence-electron chi connectivity index (χ1n) is 7.44. The predicted molar refractivity (Wildman–Crippen MR) is 90.4 cm³/mol. The summed E-state index contributed by atoms with van der Waals surface area (Å²) in [6, 6.07) is 16.5. The van der Waals surface area contributed by atoms with Gasteiger partial charge in [-0.3, -0.25) is 0 Å². The van der Waals surface area contributed by atoms with Crippen LogP contribution in [-0.2, 0) is 0 Å². The summed E-state index contributed by atoms with van der Waals surface area (Å²) in [5, 5.41) is 6.80. The van der Waals surface area contributed by atoms with Crippen molar-refractivity contribution >= 4 is 11.4 Å². The monoisotopic (exact) mass is 284 g/mol. The fourth-order valence-electron chi connectivity index (χ4n) is 2.09. The van der Waals surface area contributed by atoms with E-state index in [9.17, 15) is 0 Å². The van der Waals surface area contributed by atoms with Crippen molar-refractivity contribution in [3.63, 3.8) is 0 Å². The topological polar surface area (TPSA) is 33.3 Å². The molecule has 0 radical (unpaired) electrons. The predicted octanol–water partition coefficient (Wildman–Crippen LogP) is 4.31. The van der Waals surface area contributed by atoms with Gasteiger partial charge in [-0.2, -0.15) is 0 Å². The average molecular weight is 284 g/mol. The zero-order chi connectivity index (χ0) is 15.1. The lowest BCUT2D eigenvalue weighted by molar-refractivity contribution is 0.242. The molecule has 2 aromatic rings. The molecule has 0 saturated carbocycles. The van der Waals surface area contributed by atoms with E-state index in [0.717, 1.165) is 30.2 Å². The molecule has 0 bridgehead atoms. The highest BCUT2D eigenvalue weighted by molar-refractivity contribution is 5.48. The number of hydrogen-bond acceptors (Lipinski definition) is 3. The van der Waals surface area contributed by atoms with Crippen LogP contribution in [0, 0.1) is 6.92 Å². The normalized spacial score (nSPS) is 10.5. The molecular weight excluding hydrogens is 260 g/mol. The van der Waals surface area contributed by atoms with Crippen molar-refractivity contribution in [1.29, 1.82) is 0 Å². The van der Waals surface area contributed by atoms with Crippen LogP contribution in [0.1, 0.15) is 19.4 Å². The maximum atomic E-state index is 5.62. The Balaban J connectivity index is 1.73. The smallest absolute Gasteiger partial charge is 0.119 e. The van der Waals surface area contributed by atoms with Crippen molar-refractivity contribution in [3.8, 4) is 5.75 Å². The minimum atomic E-state index is 0.210. The first-order valence-corrected chi connectivity index (χ1v) is 7.44. The van der Waals surface area contributed by atoms with Crippen molar-refractivity contribution < 1.29 is 4.74 Å². The van der Waals surface area contributed by atoms with Gasteiger partial charge in [0, 0.05) is 24.5 Å². The lowest BCUT2D eigenvalue weighted by Gasteiger charge is -2.12. The number of anilines is 2. The molecule has 0 aromatic heterocycles. The SMILES string of the molecule is Cc1cccc(NCCNc2ccc(OC(C)C)cc2)c1. The summed E-state index contributed by atoms with van der Waals surface area (Å²) in [6.07, 6.45) is 0.210. The van der Waals surface area contributed by atoms with Crippen LogP contribution in [0.25, 0.3) is 0 Å². The standard InChI is InChI=1S/C18H24N2O/c1-14(2)21-18-9-7-16(8-10-18)19-11-12-20-17-6-4-5-15(3)13-17/h4-10,13-14,19-20H,11-12H2,1-3H3. The van der Waals surface area contributed by atoms with Crippen LogP contribution in [0.4, 0.5) is 11.4 Å². The molecule has 0 saturated heterocycles. The van der Waals surface area contributed by atoms with E-state index in [1.807, 2.05) is 38.1 Å². The summed E-state index contributed by atoms with van der Waals surface area (Å²) < 4.78 is 5.62. The second kappa shape index (κ2) is 7.58. The van der Waals surface area contributed by atoms with E-state index in [1.165, 1.54) is 5.56 Å². The second-order valence-corrected chi connectivity index (χ2v) is 5.41. The number of benzene rings is 2. The van der Waals surface area contributed by atoms with Gasteiger partial charge in [0.1, 0.15) is 5.75 Å². The Hall–Kier alpha value is -2.16. The Morgan fingerprint density at radius 2 is 1.57 bits per heavy atom. The summed E-state index contributed by atoms with van der Waals surface area (Å²) in [7, 11) is 0. The molecule has 0 heterocycles. The van der Waals surface area contributed by atoms with Gasteiger partial charge in [-0.1, -0.05) is 12.1 Å². The zero-order valence-corrected chi connectivity index (χ0v) is 13.0. The summed E-state index contributed by atoms with van der Waals surface area (Å²) in [5.74, 6) is 0.911. The summed E-state index contributed by atoms with van der Waals surface area (Å²) in [4.78, 5) is 0. The Morgan fingerprint density at radius 3 is 2.19 bits per heavy atom. The minimum Gasteiger partial charge on any atom is -0.491 e. The van der Waals surface area contributed by atoms with Crippen molar-refractivity contribution in [3.05, 3.63) is 54.1 Å². The molecule has 0 unspecified atom stereocenters. The van der Waals surface area contributed by atoms with Gasteiger partial charge < -0.3 is 15.4 Å². The molecule has 2 aromatic carbocycles. The molecule has 21 heavy (non-hydrogen) atoms. The number of aryl methyl sites for hydroxylation is 1. The van der Waals surface area contributed by atoms with Crippen LogP contribution in [0.2, 0.25) is 0 Å². The molecule has 0 aliphatic heterocycles. The molecule has 0 aliphatic carbocycles. The summed E-state index contributed by atoms with van der Waals surface area (Å²) in [6.45, 7) is 7.92. The van der Waals surface area contributed by atoms with Crippen molar-refractivity contribution in [2.45, 2.75) is 26.9 Å². The van der Waals surface area contributed by atoms with Crippen LogP contribution in [0.3, 0.4) is 0 Å². The van der Waals surface area contributed by atoms with Gasteiger partial charge in [-0.15, -0.1) is 0 Å². The molecule has 0 fully saturated rings. The van der Waals surface area contributed by atoms with Crippen molar-refractivity contribution in [2.24, 2.45) is 0 Å². The van der Waals surface area contributed by atoms with Gasteiger partial charge in [0.05, 0.1) is 6.10 Å². The quantitative estimate of drug-likeness (QED) is 0.743. The van der Waals surface area contributed by atoms with Gasteiger partial charge in [0.2, 0.25) is 0 Å². The maximum Gasteiger partial charge on any atom is 0.119 e. The lowest BCUT2D eigenvalue weighted by atomic mass is 10.2. The van der Waals surface area contributed by atoms with Gasteiger partial charge in [0.15, 0.2) is 0 Å². The Morgan fingerprint density at radius 1 is 0.905 bits per heavy atom. The summed E-state index contributed by atoms with van der Waals surface area (Å²) >= 11 is 0. The highest BCUT2D eigenvalue weighted by Gasteiger charge is 1.98. The van der Waals surface area contributed by atoms with E-state index in [1.54, 1.807) is 0 Å². The Labute approximate surface area is 127 Å². The highest BCUT2D eigenvalue weighted by atomic mass is 16.5. The molecule has 112 valence electrons. The van der Waals surface area contributed by atoms with Gasteiger partial charge in [-0.25, -0.2) is 0 Å². The van der Waals surface area contributed by atoms with Crippen LogP contribution in [0.15, 0.2) is 48.5 Å². The van der Waals surface area contributed by atoms with E-state index in [0.29, 0.717) is 0 Å². The molecule has 2 N–H and O–H groups in total. The van der Waals surface area contributed by atoms with Gasteiger partial charge in [-0.05, 0) is 62.7 Å². The molecule has 0 atom stereocenters. The van der Waals surface area contributed by atoms with E-state index < -0.39 is 0 Å². The average Bonchev–Trinajstić information content (AvgIpc) is 2.45. The summed E-state index contributed by atoms with van der Waals surface area (Å²) in [5.41, 5.74) is 3.54. The van der Waals surface area contributed by atoms with Crippen LogP contribution >= 0.6 is 0 Å². The van der Waals surface area contributed by atoms with E-state index in [4.69, 9.17) is 4.74 Å². The molecule has 0 amide bonds. The van der Waals surface area contributed by atoms with E-state index in [-0.39, 0.29) is 6.10 Å². The minimum absolute atomic E-state index is 0.210. The van der Waals surface area contributed by atoms with Crippen LogP contribution in [-0.4, -0.2) is 19.2 Å². The fraction of sp³-hybridized carbons (Fsp3) is 0.333. The number of hydrogen-bond donors (Lipinski definition) is 2.